The number of hydrogen-bond acceptors (Lipinski definition) is 2. The third kappa shape index (κ3) is 1.36. The van der Waals surface area contributed by atoms with Crippen LogP contribution in [0, 0.1) is 23.2 Å². The quantitative estimate of drug-likeness (QED) is 0.679. The van der Waals surface area contributed by atoms with Crippen LogP contribution in [-0.4, -0.2) is 9.78 Å². The smallest absolute Gasteiger partial charge is 0.143 e. The molecule has 1 aromatic heterocycles. The Morgan fingerprint density at radius 2 is 2.36 bits per heavy atom. The van der Waals surface area contributed by atoms with Gasteiger partial charge in [0.15, 0.2) is 0 Å². The Morgan fingerprint density at radius 3 is 2.93 bits per heavy atom. The molecule has 0 aliphatic carbocycles. The molecular formula is C10H5FN3. The number of aromatic nitrogens is 2. The van der Waals surface area contributed by atoms with Crippen LogP contribution in [0.25, 0.3) is 5.69 Å². The minimum Gasteiger partial charge on any atom is -0.240 e. The standard InChI is InChI=1S/C10H5FN3/c11-10-6-9(3-2-8(10)7-12)14-5-1-4-13-14/h2-6H. The summed E-state index contributed by atoms with van der Waals surface area (Å²) in [6, 6.07) is 8.81. The molecule has 0 bridgehead atoms. The third-order valence-electron chi connectivity index (χ3n) is 1.79. The zero-order valence-corrected chi connectivity index (χ0v) is 7.11. The van der Waals surface area contributed by atoms with E-state index in [0.29, 0.717) is 5.69 Å². The van der Waals surface area contributed by atoms with E-state index in [1.54, 1.807) is 18.3 Å². The van der Waals surface area contributed by atoms with Crippen LogP contribution in [0.2, 0.25) is 0 Å². The predicted octanol–water partition coefficient (Wildman–Crippen LogP) is 1.68. The molecule has 0 saturated carbocycles. The molecule has 1 aromatic carbocycles. The van der Waals surface area contributed by atoms with Crippen molar-refractivity contribution in [1.82, 2.24) is 9.78 Å². The maximum absolute atomic E-state index is 13.2. The number of nitriles is 1. The van der Waals surface area contributed by atoms with E-state index >= 15 is 0 Å². The third-order valence-corrected chi connectivity index (χ3v) is 1.79. The van der Waals surface area contributed by atoms with Gasteiger partial charge in [0, 0.05) is 18.3 Å². The van der Waals surface area contributed by atoms with E-state index in [-0.39, 0.29) is 5.56 Å². The van der Waals surface area contributed by atoms with Crippen molar-refractivity contribution in [3.8, 4) is 11.8 Å². The van der Waals surface area contributed by atoms with E-state index < -0.39 is 5.82 Å². The van der Waals surface area contributed by atoms with Gasteiger partial charge in [0.2, 0.25) is 0 Å². The van der Waals surface area contributed by atoms with E-state index in [2.05, 4.69) is 11.2 Å². The molecule has 0 unspecified atom stereocenters. The lowest BCUT2D eigenvalue weighted by atomic mass is 10.2. The first-order chi connectivity index (χ1) is 6.81. The normalized spacial score (nSPS) is 9.71. The SMILES string of the molecule is N#Cc1ccc(-n2c[c]cn2)cc1F. The van der Waals surface area contributed by atoms with Crippen molar-refractivity contribution in [3.05, 3.63) is 48.0 Å². The zero-order chi connectivity index (χ0) is 9.97. The van der Waals surface area contributed by atoms with Gasteiger partial charge in [-0.3, -0.25) is 0 Å². The molecule has 1 radical (unpaired) electrons. The molecule has 0 saturated heterocycles. The van der Waals surface area contributed by atoms with Crippen LogP contribution >= 0.6 is 0 Å². The fourth-order valence-corrected chi connectivity index (χ4v) is 1.11. The Morgan fingerprint density at radius 1 is 1.50 bits per heavy atom. The van der Waals surface area contributed by atoms with Gasteiger partial charge in [-0.2, -0.15) is 10.4 Å². The summed E-state index contributed by atoms with van der Waals surface area (Å²) < 4.78 is 14.6. The van der Waals surface area contributed by atoms with Crippen LogP contribution in [0.3, 0.4) is 0 Å². The molecule has 2 rings (SSSR count). The first kappa shape index (κ1) is 8.45. The van der Waals surface area contributed by atoms with Gasteiger partial charge in [0.05, 0.1) is 17.4 Å². The minimum atomic E-state index is -0.541. The Kier molecular flexibility index (Phi) is 1.99. The molecule has 0 N–H and O–H groups in total. The minimum absolute atomic E-state index is 0.0323. The molecule has 3 nitrogen and oxygen atoms in total. The molecule has 4 heteroatoms. The molecule has 0 spiro atoms. The predicted molar refractivity (Wildman–Crippen MR) is 47.1 cm³/mol. The molecule has 67 valence electrons. The van der Waals surface area contributed by atoms with Gasteiger partial charge in [0.1, 0.15) is 11.9 Å². The van der Waals surface area contributed by atoms with E-state index in [4.69, 9.17) is 5.26 Å². The summed E-state index contributed by atoms with van der Waals surface area (Å²) in [5, 5.41) is 12.4. The maximum Gasteiger partial charge on any atom is 0.143 e. The first-order valence-electron chi connectivity index (χ1n) is 3.92. The van der Waals surface area contributed by atoms with Crippen molar-refractivity contribution in [3.63, 3.8) is 0 Å². The summed E-state index contributed by atoms with van der Waals surface area (Å²) in [6.45, 7) is 0. The molecular weight excluding hydrogens is 181 g/mol. The van der Waals surface area contributed by atoms with Crippen LogP contribution in [0.15, 0.2) is 30.6 Å². The molecule has 0 fully saturated rings. The van der Waals surface area contributed by atoms with Crippen molar-refractivity contribution in [2.24, 2.45) is 0 Å². The van der Waals surface area contributed by atoms with Crippen LogP contribution in [0.5, 0.6) is 0 Å². The lowest BCUT2D eigenvalue weighted by molar-refractivity contribution is 0.621. The van der Waals surface area contributed by atoms with Crippen molar-refractivity contribution >= 4 is 0 Å². The monoisotopic (exact) mass is 186 g/mol. The Balaban J connectivity index is 2.49. The summed E-state index contributed by atoms with van der Waals surface area (Å²) in [6.07, 6.45) is 3.07. The largest absolute Gasteiger partial charge is 0.240 e. The number of rotatable bonds is 1. The summed E-state index contributed by atoms with van der Waals surface area (Å²) in [5.74, 6) is -0.541. The van der Waals surface area contributed by atoms with Gasteiger partial charge < -0.3 is 0 Å². The molecule has 2 aromatic rings. The van der Waals surface area contributed by atoms with Crippen LogP contribution in [0.4, 0.5) is 4.39 Å². The van der Waals surface area contributed by atoms with Gasteiger partial charge >= 0.3 is 0 Å². The average molecular weight is 186 g/mol. The number of nitrogens with zero attached hydrogens (tertiary/aromatic N) is 3. The molecule has 0 aliphatic heterocycles. The Bertz CT molecular complexity index is 483. The summed E-state index contributed by atoms with van der Waals surface area (Å²) in [7, 11) is 0. The van der Waals surface area contributed by atoms with E-state index in [0.717, 1.165) is 0 Å². The molecule has 0 aliphatic rings. The highest BCUT2D eigenvalue weighted by molar-refractivity contribution is 5.39. The summed E-state index contributed by atoms with van der Waals surface area (Å²) >= 11 is 0. The van der Waals surface area contributed by atoms with Crippen LogP contribution in [0.1, 0.15) is 5.56 Å². The summed E-state index contributed by atoms with van der Waals surface area (Å²) in [4.78, 5) is 0. The van der Waals surface area contributed by atoms with E-state index in [1.165, 1.54) is 23.0 Å². The fraction of sp³-hybridized carbons (Fsp3) is 0. The number of halogens is 1. The summed E-state index contributed by atoms with van der Waals surface area (Å²) in [5.41, 5.74) is 0.604. The van der Waals surface area contributed by atoms with Gasteiger partial charge in [-0.25, -0.2) is 9.07 Å². The first-order valence-corrected chi connectivity index (χ1v) is 3.92. The van der Waals surface area contributed by atoms with E-state index in [1.807, 2.05) is 0 Å². The lowest BCUT2D eigenvalue weighted by Gasteiger charge is -2.01. The molecule has 1 heterocycles. The van der Waals surface area contributed by atoms with Crippen molar-refractivity contribution in [2.45, 2.75) is 0 Å². The second-order valence-electron chi connectivity index (χ2n) is 2.66. The lowest BCUT2D eigenvalue weighted by Crippen LogP contribution is -1.95. The van der Waals surface area contributed by atoms with Crippen molar-refractivity contribution < 1.29 is 4.39 Å². The second kappa shape index (κ2) is 3.30. The molecule has 0 atom stereocenters. The molecule has 0 amide bonds. The zero-order valence-electron chi connectivity index (χ0n) is 7.11. The maximum atomic E-state index is 13.2. The van der Waals surface area contributed by atoms with Gasteiger partial charge in [-0.15, -0.1) is 0 Å². The van der Waals surface area contributed by atoms with Crippen molar-refractivity contribution in [1.29, 1.82) is 5.26 Å². The highest BCUT2D eigenvalue weighted by atomic mass is 19.1. The van der Waals surface area contributed by atoms with E-state index in [9.17, 15) is 4.39 Å². The highest BCUT2D eigenvalue weighted by Crippen LogP contribution is 2.12. The number of hydrogen-bond donors (Lipinski definition) is 0. The van der Waals surface area contributed by atoms with Crippen molar-refractivity contribution in [2.75, 3.05) is 0 Å². The topological polar surface area (TPSA) is 41.6 Å². The van der Waals surface area contributed by atoms with Crippen LogP contribution in [-0.2, 0) is 0 Å². The number of benzene rings is 1. The van der Waals surface area contributed by atoms with Gasteiger partial charge in [0.25, 0.3) is 0 Å². The Labute approximate surface area is 80.0 Å². The fourth-order valence-electron chi connectivity index (χ4n) is 1.11. The second-order valence-corrected chi connectivity index (χ2v) is 2.66. The highest BCUT2D eigenvalue weighted by Gasteiger charge is 2.03. The van der Waals surface area contributed by atoms with Gasteiger partial charge in [-0.1, -0.05) is 0 Å². The molecule has 14 heavy (non-hydrogen) atoms. The average Bonchev–Trinajstić information content (AvgIpc) is 2.70. The Hall–Kier alpha value is -2.15. The van der Waals surface area contributed by atoms with Gasteiger partial charge in [-0.05, 0) is 12.1 Å². The van der Waals surface area contributed by atoms with Crippen LogP contribution < -0.4 is 0 Å².